The number of unbranched alkanes of at least 4 members (excludes halogenated alkanes) is 7. The van der Waals surface area contributed by atoms with Crippen molar-refractivity contribution in [3.63, 3.8) is 0 Å². The van der Waals surface area contributed by atoms with Gasteiger partial charge in [-0.3, -0.25) is 0 Å². The Hall–Kier alpha value is -1.35. The molecule has 1 atom stereocenters. The van der Waals surface area contributed by atoms with E-state index < -0.39 is 0 Å². The number of hydrogen-bond acceptors (Lipinski definition) is 3. The van der Waals surface area contributed by atoms with Gasteiger partial charge < -0.3 is 10.3 Å². The van der Waals surface area contributed by atoms with E-state index in [9.17, 15) is 5.11 Å². The average molecular weight is 305 g/mol. The van der Waals surface area contributed by atoms with Crippen molar-refractivity contribution >= 4 is 6.21 Å². The Morgan fingerprint density at radius 2 is 1.64 bits per heavy atom. The Labute approximate surface area is 135 Å². The van der Waals surface area contributed by atoms with E-state index in [1.807, 2.05) is 24.3 Å². The van der Waals surface area contributed by atoms with Gasteiger partial charge in [0.05, 0.1) is 12.3 Å². The summed E-state index contributed by atoms with van der Waals surface area (Å²) in [7, 11) is 0. The topological polar surface area (TPSA) is 52.8 Å². The molecule has 1 aromatic carbocycles. The zero-order chi connectivity index (χ0) is 16.0. The summed E-state index contributed by atoms with van der Waals surface area (Å²) in [6, 6.07) is 7.74. The predicted octanol–water partition coefficient (Wildman–Crippen LogP) is 4.93. The van der Waals surface area contributed by atoms with Crippen molar-refractivity contribution in [1.29, 1.82) is 0 Å². The van der Waals surface area contributed by atoms with Crippen LogP contribution in [-0.2, 0) is 6.42 Å². The largest absolute Gasteiger partial charge is 0.411 e. The van der Waals surface area contributed by atoms with Gasteiger partial charge >= 0.3 is 0 Å². The van der Waals surface area contributed by atoms with Crippen LogP contribution in [-0.4, -0.2) is 22.6 Å². The molecule has 0 aliphatic carbocycles. The molecule has 0 heterocycles. The SMILES string of the molecule is CCCCCCCCCCC(O)Cc1ccccc1C=NO. The summed E-state index contributed by atoms with van der Waals surface area (Å²) in [4.78, 5) is 0. The molecule has 0 spiro atoms. The fourth-order valence-corrected chi connectivity index (χ4v) is 2.78. The molecule has 0 aromatic heterocycles. The molecule has 22 heavy (non-hydrogen) atoms. The molecule has 0 radical (unpaired) electrons. The normalized spacial score (nSPS) is 12.8. The number of aliphatic hydroxyl groups excluding tert-OH is 1. The van der Waals surface area contributed by atoms with Gasteiger partial charge in [0.1, 0.15) is 0 Å². The third-order valence-electron chi connectivity index (χ3n) is 4.10. The van der Waals surface area contributed by atoms with Gasteiger partial charge in [0.2, 0.25) is 0 Å². The lowest BCUT2D eigenvalue weighted by molar-refractivity contribution is 0.161. The molecule has 0 saturated heterocycles. The van der Waals surface area contributed by atoms with Crippen molar-refractivity contribution in [2.24, 2.45) is 5.16 Å². The van der Waals surface area contributed by atoms with E-state index in [1.165, 1.54) is 51.2 Å². The minimum absolute atomic E-state index is 0.312. The lowest BCUT2D eigenvalue weighted by Crippen LogP contribution is -2.11. The first-order valence-electron chi connectivity index (χ1n) is 8.71. The second kappa shape index (κ2) is 12.2. The first-order valence-corrected chi connectivity index (χ1v) is 8.71. The van der Waals surface area contributed by atoms with Gasteiger partial charge in [-0.25, -0.2) is 0 Å². The summed E-state index contributed by atoms with van der Waals surface area (Å²) in [5.74, 6) is 0. The standard InChI is InChI=1S/C19H31NO2/c1-2-3-4-5-6-7-8-9-14-19(21)15-17-12-10-11-13-18(17)16-20-22/h10-13,16,19,21-22H,2-9,14-15H2,1H3. The highest BCUT2D eigenvalue weighted by Crippen LogP contribution is 2.14. The third-order valence-corrected chi connectivity index (χ3v) is 4.10. The molecule has 3 heteroatoms. The zero-order valence-corrected chi connectivity index (χ0v) is 13.9. The summed E-state index contributed by atoms with van der Waals surface area (Å²) in [5.41, 5.74) is 1.91. The van der Waals surface area contributed by atoms with Crippen molar-refractivity contribution in [3.05, 3.63) is 35.4 Å². The Balaban J connectivity index is 2.17. The monoisotopic (exact) mass is 305 g/mol. The Bertz CT molecular complexity index is 418. The lowest BCUT2D eigenvalue weighted by atomic mass is 9.98. The number of oxime groups is 1. The maximum Gasteiger partial charge on any atom is 0.0736 e. The molecule has 0 aliphatic heterocycles. The number of hydrogen-bond donors (Lipinski definition) is 2. The van der Waals surface area contributed by atoms with E-state index in [-0.39, 0.29) is 6.10 Å². The summed E-state index contributed by atoms with van der Waals surface area (Å²) < 4.78 is 0. The van der Waals surface area contributed by atoms with Crippen LogP contribution in [0.2, 0.25) is 0 Å². The van der Waals surface area contributed by atoms with E-state index >= 15 is 0 Å². The van der Waals surface area contributed by atoms with Crippen molar-refractivity contribution in [2.75, 3.05) is 0 Å². The molecular weight excluding hydrogens is 274 g/mol. The first kappa shape index (κ1) is 18.7. The minimum atomic E-state index is -0.312. The zero-order valence-electron chi connectivity index (χ0n) is 13.9. The summed E-state index contributed by atoms with van der Waals surface area (Å²) in [5, 5.41) is 21.9. The van der Waals surface area contributed by atoms with E-state index in [0.717, 1.165) is 24.0 Å². The number of rotatable bonds is 12. The Morgan fingerprint density at radius 3 is 2.32 bits per heavy atom. The van der Waals surface area contributed by atoms with Crippen LogP contribution in [0.25, 0.3) is 0 Å². The van der Waals surface area contributed by atoms with Crippen LogP contribution >= 0.6 is 0 Å². The molecule has 0 saturated carbocycles. The molecule has 1 rings (SSSR count). The first-order chi connectivity index (χ1) is 10.8. The number of benzene rings is 1. The molecule has 0 fully saturated rings. The average Bonchev–Trinajstić information content (AvgIpc) is 2.52. The lowest BCUT2D eigenvalue weighted by Gasteiger charge is -2.12. The van der Waals surface area contributed by atoms with Crippen molar-refractivity contribution in [1.82, 2.24) is 0 Å². The molecular formula is C19H31NO2. The second-order valence-electron chi connectivity index (χ2n) is 6.06. The summed E-state index contributed by atoms with van der Waals surface area (Å²) >= 11 is 0. The van der Waals surface area contributed by atoms with Gasteiger partial charge in [-0.1, -0.05) is 87.7 Å². The molecule has 0 amide bonds. The van der Waals surface area contributed by atoms with Crippen LogP contribution in [0.15, 0.2) is 29.4 Å². The van der Waals surface area contributed by atoms with E-state index in [4.69, 9.17) is 5.21 Å². The van der Waals surface area contributed by atoms with E-state index in [1.54, 1.807) is 0 Å². The second-order valence-corrected chi connectivity index (χ2v) is 6.06. The van der Waals surface area contributed by atoms with Gasteiger partial charge in [0.15, 0.2) is 0 Å². The fraction of sp³-hybridized carbons (Fsp3) is 0.632. The van der Waals surface area contributed by atoms with Gasteiger partial charge in [-0.15, -0.1) is 0 Å². The molecule has 2 N–H and O–H groups in total. The Kier molecular flexibility index (Phi) is 10.4. The maximum absolute atomic E-state index is 10.2. The fourth-order valence-electron chi connectivity index (χ4n) is 2.78. The quantitative estimate of drug-likeness (QED) is 0.249. The van der Waals surface area contributed by atoms with E-state index in [0.29, 0.717) is 6.42 Å². The van der Waals surface area contributed by atoms with Crippen LogP contribution in [0.3, 0.4) is 0 Å². The van der Waals surface area contributed by atoms with Crippen molar-refractivity contribution in [2.45, 2.75) is 77.2 Å². The molecule has 0 aliphatic rings. The van der Waals surface area contributed by atoms with E-state index in [2.05, 4.69) is 12.1 Å². The predicted molar refractivity (Wildman–Crippen MR) is 92.8 cm³/mol. The molecule has 1 aromatic rings. The number of nitrogens with zero attached hydrogens (tertiary/aromatic N) is 1. The van der Waals surface area contributed by atoms with Gasteiger partial charge in [-0.05, 0) is 24.0 Å². The smallest absolute Gasteiger partial charge is 0.0736 e. The minimum Gasteiger partial charge on any atom is -0.411 e. The molecule has 3 nitrogen and oxygen atoms in total. The van der Waals surface area contributed by atoms with Gasteiger partial charge in [-0.2, -0.15) is 0 Å². The highest BCUT2D eigenvalue weighted by molar-refractivity contribution is 5.81. The maximum atomic E-state index is 10.2. The van der Waals surface area contributed by atoms with Gasteiger partial charge in [0.25, 0.3) is 0 Å². The highest BCUT2D eigenvalue weighted by atomic mass is 16.4. The Morgan fingerprint density at radius 1 is 1.00 bits per heavy atom. The van der Waals surface area contributed by atoms with Crippen molar-refractivity contribution in [3.8, 4) is 0 Å². The van der Waals surface area contributed by atoms with Crippen LogP contribution < -0.4 is 0 Å². The third kappa shape index (κ3) is 8.18. The van der Waals surface area contributed by atoms with Crippen LogP contribution in [0, 0.1) is 0 Å². The summed E-state index contributed by atoms with van der Waals surface area (Å²) in [6.45, 7) is 2.24. The van der Waals surface area contributed by atoms with Crippen molar-refractivity contribution < 1.29 is 10.3 Å². The van der Waals surface area contributed by atoms with Crippen LogP contribution in [0.4, 0.5) is 0 Å². The number of aliphatic hydroxyl groups is 1. The highest BCUT2D eigenvalue weighted by Gasteiger charge is 2.08. The summed E-state index contributed by atoms with van der Waals surface area (Å²) in [6.07, 6.45) is 12.9. The van der Waals surface area contributed by atoms with Crippen LogP contribution in [0.1, 0.15) is 75.8 Å². The molecule has 1 unspecified atom stereocenters. The van der Waals surface area contributed by atoms with Crippen LogP contribution in [0.5, 0.6) is 0 Å². The molecule has 124 valence electrons. The molecule has 0 bridgehead atoms. The van der Waals surface area contributed by atoms with Gasteiger partial charge in [0, 0.05) is 0 Å².